The van der Waals surface area contributed by atoms with Crippen molar-refractivity contribution < 1.29 is 33.3 Å². The van der Waals surface area contributed by atoms with Gasteiger partial charge in [0.15, 0.2) is 18.6 Å². The number of halogens is 1. The van der Waals surface area contributed by atoms with Crippen LogP contribution in [0.25, 0.3) is 0 Å². The van der Waals surface area contributed by atoms with Crippen LogP contribution in [0.2, 0.25) is 0 Å². The predicted octanol–water partition coefficient (Wildman–Crippen LogP) is 2.12. The Balaban J connectivity index is 1.63. The minimum absolute atomic E-state index is 0.237. The van der Waals surface area contributed by atoms with Crippen molar-refractivity contribution in [2.75, 3.05) is 6.61 Å². The minimum Gasteiger partial charge on any atom is -0.459 e. The average Bonchev–Trinajstić information content (AvgIpc) is 2.95. The van der Waals surface area contributed by atoms with Gasteiger partial charge in [0, 0.05) is 0 Å². The molecule has 1 aliphatic rings. The summed E-state index contributed by atoms with van der Waals surface area (Å²) in [7, 11) is 0. The highest BCUT2D eigenvalue weighted by atomic mass is 19.1. The smallest absolute Gasteiger partial charge is 0.338 e. The van der Waals surface area contributed by atoms with Gasteiger partial charge in [-0.25, -0.2) is 14.0 Å². The number of alkyl halides is 1. The van der Waals surface area contributed by atoms with Crippen molar-refractivity contribution in [2.24, 2.45) is 0 Å². The highest BCUT2D eigenvalue weighted by Gasteiger charge is 2.47. The molecule has 1 fully saturated rings. The van der Waals surface area contributed by atoms with Crippen LogP contribution in [0.15, 0.2) is 60.7 Å². The lowest BCUT2D eigenvalue weighted by molar-refractivity contribution is -0.122. The summed E-state index contributed by atoms with van der Waals surface area (Å²) in [6, 6.07) is 16.3. The highest BCUT2D eigenvalue weighted by molar-refractivity contribution is 5.90. The molecule has 136 valence electrons. The van der Waals surface area contributed by atoms with Crippen LogP contribution in [-0.2, 0) is 14.2 Å². The quantitative estimate of drug-likeness (QED) is 0.823. The maximum Gasteiger partial charge on any atom is 0.338 e. The summed E-state index contributed by atoms with van der Waals surface area (Å²) >= 11 is 0. The molecular formula is C19H17FO6. The van der Waals surface area contributed by atoms with E-state index in [1.807, 2.05) is 0 Å². The van der Waals surface area contributed by atoms with E-state index >= 15 is 0 Å². The molecule has 7 heteroatoms. The Kier molecular flexibility index (Phi) is 5.60. The second-order valence-corrected chi connectivity index (χ2v) is 5.71. The van der Waals surface area contributed by atoms with Crippen molar-refractivity contribution in [1.82, 2.24) is 0 Å². The maximum absolute atomic E-state index is 14.2. The Hall–Kier alpha value is -2.77. The van der Waals surface area contributed by atoms with Gasteiger partial charge in [0.1, 0.15) is 12.7 Å². The van der Waals surface area contributed by atoms with Gasteiger partial charge < -0.3 is 19.3 Å². The van der Waals surface area contributed by atoms with E-state index in [2.05, 4.69) is 0 Å². The number of ether oxygens (including phenoxy) is 3. The Morgan fingerprint density at radius 1 is 0.962 bits per heavy atom. The van der Waals surface area contributed by atoms with Crippen LogP contribution in [0.3, 0.4) is 0 Å². The summed E-state index contributed by atoms with van der Waals surface area (Å²) in [4.78, 5) is 24.1. The number of rotatable bonds is 5. The van der Waals surface area contributed by atoms with E-state index in [-0.39, 0.29) is 12.2 Å². The number of aliphatic hydroxyl groups is 1. The summed E-state index contributed by atoms with van der Waals surface area (Å²) in [5.41, 5.74) is 0.557. The second-order valence-electron chi connectivity index (χ2n) is 5.71. The van der Waals surface area contributed by atoms with Crippen molar-refractivity contribution in [2.45, 2.75) is 24.7 Å². The number of carbonyl (C=O) groups is 2. The Morgan fingerprint density at radius 3 is 2.08 bits per heavy atom. The standard InChI is InChI=1S/C19H17FO6/c20-15-16(26-18(22)13-9-5-2-6-10-13)14(25-19(15)23)11-24-17(21)12-7-3-1-4-8-12/h1-10,14-16,19,23H,11H2/t14-,15-,16-,19+/m0/s1. The van der Waals surface area contributed by atoms with Gasteiger partial charge in [-0.3, -0.25) is 0 Å². The third-order valence-corrected chi connectivity index (χ3v) is 3.91. The van der Waals surface area contributed by atoms with Crippen LogP contribution in [0, 0.1) is 0 Å². The average molecular weight is 360 g/mol. The number of carbonyl (C=O) groups excluding carboxylic acids is 2. The van der Waals surface area contributed by atoms with Gasteiger partial charge in [0.25, 0.3) is 0 Å². The second kappa shape index (κ2) is 8.07. The van der Waals surface area contributed by atoms with Crippen molar-refractivity contribution >= 4 is 11.9 Å². The lowest BCUT2D eigenvalue weighted by atomic mass is 10.1. The molecule has 0 amide bonds. The highest BCUT2D eigenvalue weighted by Crippen LogP contribution is 2.26. The molecule has 6 nitrogen and oxygen atoms in total. The summed E-state index contributed by atoms with van der Waals surface area (Å²) < 4.78 is 29.4. The SMILES string of the molecule is O=C(OC[C@@H]1O[C@@H](O)[C@@H](F)[C@H]1OC(=O)c1ccccc1)c1ccccc1. The van der Waals surface area contributed by atoms with E-state index in [1.165, 1.54) is 12.1 Å². The Labute approximate surface area is 149 Å². The molecule has 0 unspecified atom stereocenters. The van der Waals surface area contributed by atoms with Crippen LogP contribution in [0.1, 0.15) is 20.7 Å². The molecule has 3 rings (SSSR count). The third-order valence-electron chi connectivity index (χ3n) is 3.91. The summed E-state index contributed by atoms with van der Waals surface area (Å²) in [6.45, 7) is -0.363. The lowest BCUT2D eigenvalue weighted by Crippen LogP contribution is -2.37. The van der Waals surface area contributed by atoms with E-state index in [9.17, 15) is 19.1 Å². The molecule has 0 aromatic heterocycles. The van der Waals surface area contributed by atoms with Crippen molar-refractivity contribution in [1.29, 1.82) is 0 Å². The zero-order valence-electron chi connectivity index (χ0n) is 13.7. The molecule has 0 saturated carbocycles. The van der Waals surface area contributed by atoms with Gasteiger partial charge in [-0.1, -0.05) is 36.4 Å². The third kappa shape index (κ3) is 4.07. The maximum atomic E-state index is 14.2. The molecule has 4 atom stereocenters. The fraction of sp³-hybridized carbons (Fsp3) is 0.263. The number of hydrogen-bond acceptors (Lipinski definition) is 6. The van der Waals surface area contributed by atoms with Gasteiger partial charge >= 0.3 is 11.9 Å². The zero-order valence-corrected chi connectivity index (χ0v) is 13.7. The van der Waals surface area contributed by atoms with Crippen LogP contribution >= 0.6 is 0 Å². The monoisotopic (exact) mass is 360 g/mol. The molecule has 1 heterocycles. The molecule has 0 radical (unpaired) electrons. The topological polar surface area (TPSA) is 82.1 Å². The van der Waals surface area contributed by atoms with E-state index in [1.54, 1.807) is 48.5 Å². The van der Waals surface area contributed by atoms with E-state index < -0.39 is 36.6 Å². The Bertz CT molecular complexity index is 751. The molecule has 2 aromatic rings. The largest absolute Gasteiger partial charge is 0.459 e. The molecule has 26 heavy (non-hydrogen) atoms. The van der Waals surface area contributed by atoms with Gasteiger partial charge in [-0.2, -0.15) is 0 Å². The molecule has 1 N–H and O–H groups in total. The van der Waals surface area contributed by atoms with Crippen molar-refractivity contribution in [3.05, 3.63) is 71.8 Å². The molecule has 0 spiro atoms. The fourth-order valence-electron chi connectivity index (χ4n) is 2.56. The molecule has 1 aliphatic heterocycles. The number of hydrogen-bond donors (Lipinski definition) is 1. The first kappa shape index (κ1) is 18.0. The van der Waals surface area contributed by atoms with Crippen LogP contribution < -0.4 is 0 Å². The molecule has 1 saturated heterocycles. The molecule has 2 aromatic carbocycles. The van der Waals surface area contributed by atoms with Crippen molar-refractivity contribution in [3.8, 4) is 0 Å². The zero-order chi connectivity index (χ0) is 18.5. The number of esters is 2. The van der Waals surface area contributed by atoms with Crippen molar-refractivity contribution in [3.63, 3.8) is 0 Å². The van der Waals surface area contributed by atoms with Gasteiger partial charge in [0.2, 0.25) is 0 Å². The summed E-state index contributed by atoms with van der Waals surface area (Å²) in [5.74, 6) is -1.38. The number of aliphatic hydroxyl groups excluding tert-OH is 1. The minimum atomic E-state index is -1.94. The molecular weight excluding hydrogens is 343 g/mol. The summed E-state index contributed by atoms with van der Waals surface area (Å²) in [5, 5.41) is 9.58. The lowest BCUT2D eigenvalue weighted by Gasteiger charge is -2.19. The van der Waals surface area contributed by atoms with E-state index in [0.29, 0.717) is 5.56 Å². The number of benzene rings is 2. The molecule has 0 bridgehead atoms. The first-order chi connectivity index (χ1) is 12.6. The molecule has 0 aliphatic carbocycles. The van der Waals surface area contributed by atoms with Gasteiger partial charge in [0.05, 0.1) is 11.1 Å². The predicted molar refractivity (Wildman–Crippen MR) is 88.1 cm³/mol. The normalized spacial score (nSPS) is 24.8. The van der Waals surface area contributed by atoms with E-state index in [0.717, 1.165) is 0 Å². The van der Waals surface area contributed by atoms with Crippen LogP contribution in [-0.4, -0.2) is 48.3 Å². The first-order valence-corrected chi connectivity index (χ1v) is 8.02. The van der Waals surface area contributed by atoms with Gasteiger partial charge in [-0.05, 0) is 24.3 Å². The fourth-order valence-corrected chi connectivity index (χ4v) is 2.56. The Morgan fingerprint density at radius 2 is 1.50 bits per heavy atom. The summed E-state index contributed by atoms with van der Waals surface area (Å²) in [6.07, 6.45) is -6.20. The van der Waals surface area contributed by atoms with E-state index in [4.69, 9.17) is 14.2 Å². The first-order valence-electron chi connectivity index (χ1n) is 8.02. The van der Waals surface area contributed by atoms with Gasteiger partial charge in [-0.15, -0.1) is 0 Å². The van der Waals surface area contributed by atoms with Crippen LogP contribution in [0.4, 0.5) is 4.39 Å². The van der Waals surface area contributed by atoms with Crippen LogP contribution in [0.5, 0.6) is 0 Å².